The standard InChI is InChI=1S/C11H18O2/c1-9(2)7-11(8-10(3)4)12-5-6-13-11/h7-8H,5-6H2,1-4H3. The molecule has 74 valence electrons. The average molecular weight is 182 g/mol. The molecule has 1 saturated heterocycles. The monoisotopic (exact) mass is 182 g/mol. The van der Waals surface area contributed by atoms with Crippen molar-refractivity contribution in [2.24, 2.45) is 0 Å². The van der Waals surface area contributed by atoms with E-state index in [-0.39, 0.29) is 0 Å². The van der Waals surface area contributed by atoms with Crippen LogP contribution in [0.3, 0.4) is 0 Å². The van der Waals surface area contributed by atoms with Gasteiger partial charge in [0.1, 0.15) is 0 Å². The molecule has 0 amide bonds. The molecule has 2 heteroatoms. The zero-order chi connectivity index (χ0) is 9.90. The Labute approximate surface area is 80.2 Å². The van der Waals surface area contributed by atoms with E-state index >= 15 is 0 Å². The van der Waals surface area contributed by atoms with Gasteiger partial charge in [-0.15, -0.1) is 0 Å². The molecule has 1 rings (SSSR count). The van der Waals surface area contributed by atoms with Crippen molar-refractivity contribution >= 4 is 0 Å². The largest absolute Gasteiger partial charge is 0.341 e. The number of rotatable bonds is 2. The third-order valence-electron chi connectivity index (χ3n) is 1.72. The maximum atomic E-state index is 5.59. The van der Waals surface area contributed by atoms with Gasteiger partial charge in [-0.1, -0.05) is 11.1 Å². The highest BCUT2D eigenvalue weighted by Crippen LogP contribution is 2.25. The van der Waals surface area contributed by atoms with Crippen molar-refractivity contribution in [3.63, 3.8) is 0 Å². The lowest BCUT2D eigenvalue weighted by Crippen LogP contribution is -2.25. The fraction of sp³-hybridized carbons (Fsp3) is 0.636. The molecule has 0 aromatic heterocycles. The van der Waals surface area contributed by atoms with E-state index in [1.165, 1.54) is 11.1 Å². The minimum absolute atomic E-state index is 0.586. The zero-order valence-corrected chi connectivity index (χ0v) is 8.89. The molecule has 0 aromatic carbocycles. The van der Waals surface area contributed by atoms with Crippen LogP contribution in [0.15, 0.2) is 23.3 Å². The highest BCUT2D eigenvalue weighted by atomic mass is 16.7. The first-order valence-electron chi connectivity index (χ1n) is 4.64. The van der Waals surface area contributed by atoms with Crippen LogP contribution < -0.4 is 0 Å². The average Bonchev–Trinajstić information content (AvgIpc) is 2.33. The smallest absolute Gasteiger partial charge is 0.208 e. The molecule has 0 atom stereocenters. The Hall–Kier alpha value is -0.600. The molecule has 0 saturated carbocycles. The van der Waals surface area contributed by atoms with E-state index in [0.29, 0.717) is 13.2 Å². The van der Waals surface area contributed by atoms with Gasteiger partial charge in [-0.05, 0) is 39.8 Å². The van der Waals surface area contributed by atoms with Gasteiger partial charge in [-0.3, -0.25) is 0 Å². The Balaban J connectivity index is 2.88. The van der Waals surface area contributed by atoms with Crippen LogP contribution in [0.5, 0.6) is 0 Å². The van der Waals surface area contributed by atoms with E-state index in [1.54, 1.807) is 0 Å². The summed E-state index contributed by atoms with van der Waals surface area (Å²) in [6.45, 7) is 9.54. The molecule has 0 unspecified atom stereocenters. The van der Waals surface area contributed by atoms with Crippen LogP contribution >= 0.6 is 0 Å². The van der Waals surface area contributed by atoms with Crippen LogP contribution in [0.4, 0.5) is 0 Å². The van der Waals surface area contributed by atoms with E-state index in [2.05, 4.69) is 0 Å². The van der Waals surface area contributed by atoms with Crippen LogP contribution in [-0.2, 0) is 9.47 Å². The lowest BCUT2D eigenvalue weighted by molar-refractivity contribution is -0.0753. The molecule has 1 heterocycles. The predicted molar refractivity (Wildman–Crippen MR) is 53.5 cm³/mol. The summed E-state index contributed by atoms with van der Waals surface area (Å²) in [5.74, 6) is -0.586. The van der Waals surface area contributed by atoms with Crippen molar-refractivity contribution in [3.05, 3.63) is 23.3 Å². The number of ether oxygens (including phenoxy) is 2. The third kappa shape index (κ3) is 2.98. The maximum Gasteiger partial charge on any atom is 0.208 e. The Bertz CT molecular complexity index is 204. The summed E-state index contributed by atoms with van der Waals surface area (Å²) in [4.78, 5) is 0. The number of hydrogen-bond donors (Lipinski definition) is 0. The maximum absolute atomic E-state index is 5.59. The highest BCUT2D eigenvalue weighted by Gasteiger charge is 2.31. The molecule has 0 aliphatic carbocycles. The van der Waals surface area contributed by atoms with Gasteiger partial charge in [-0.2, -0.15) is 0 Å². The minimum atomic E-state index is -0.586. The summed E-state index contributed by atoms with van der Waals surface area (Å²) in [7, 11) is 0. The lowest BCUT2D eigenvalue weighted by Gasteiger charge is -2.20. The van der Waals surface area contributed by atoms with Gasteiger partial charge in [0.15, 0.2) is 0 Å². The molecule has 0 N–H and O–H groups in total. The van der Waals surface area contributed by atoms with Gasteiger partial charge in [0.25, 0.3) is 0 Å². The molecule has 0 bridgehead atoms. The molecule has 2 nitrogen and oxygen atoms in total. The van der Waals surface area contributed by atoms with E-state index < -0.39 is 5.79 Å². The van der Waals surface area contributed by atoms with Crippen molar-refractivity contribution in [2.75, 3.05) is 13.2 Å². The van der Waals surface area contributed by atoms with Crippen molar-refractivity contribution in [1.29, 1.82) is 0 Å². The topological polar surface area (TPSA) is 18.5 Å². The quantitative estimate of drug-likeness (QED) is 0.611. The van der Waals surface area contributed by atoms with Crippen LogP contribution in [0.2, 0.25) is 0 Å². The summed E-state index contributed by atoms with van der Waals surface area (Å²) in [5, 5.41) is 0. The summed E-state index contributed by atoms with van der Waals surface area (Å²) >= 11 is 0. The molecule has 1 aliphatic heterocycles. The zero-order valence-electron chi connectivity index (χ0n) is 8.89. The van der Waals surface area contributed by atoms with E-state index in [1.807, 2.05) is 39.8 Å². The Morgan fingerprint density at radius 3 is 1.62 bits per heavy atom. The molecule has 0 aromatic rings. The highest BCUT2D eigenvalue weighted by molar-refractivity contribution is 5.17. The van der Waals surface area contributed by atoms with Gasteiger partial charge >= 0.3 is 0 Å². The minimum Gasteiger partial charge on any atom is -0.341 e. The van der Waals surface area contributed by atoms with Crippen LogP contribution in [0.25, 0.3) is 0 Å². The molecule has 1 fully saturated rings. The second-order valence-electron chi connectivity index (χ2n) is 3.86. The number of allylic oxidation sites excluding steroid dienone is 2. The Morgan fingerprint density at radius 1 is 0.923 bits per heavy atom. The lowest BCUT2D eigenvalue weighted by atomic mass is 10.1. The normalized spacial score (nSPS) is 19.7. The second-order valence-corrected chi connectivity index (χ2v) is 3.86. The molecule has 0 spiro atoms. The van der Waals surface area contributed by atoms with Crippen molar-refractivity contribution in [2.45, 2.75) is 33.5 Å². The predicted octanol–water partition coefficient (Wildman–Crippen LogP) is 2.66. The Morgan fingerprint density at radius 2 is 1.31 bits per heavy atom. The summed E-state index contributed by atoms with van der Waals surface area (Å²) in [5.41, 5.74) is 2.42. The summed E-state index contributed by atoms with van der Waals surface area (Å²) in [6, 6.07) is 0. The second kappa shape index (κ2) is 4.07. The van der Waals surface area contributed by atoms with Crippen molar-refractivity contribution in [1.82, 2.24) is 0 Å². The summed E-state index contributed by atoms with van der Waals surface area (Å²) < 4.78 is 11.2. The fourth-order valence-electron chi connectivity index (χ4n) is 1.46. The SMILES string of the molecule is CC(C)=CC1(C=C(C)C)OCCO1. The first-order valence-corrected chi connectivity index (χ1v) is 4.64. The van der Waals surface area contributed by atoms with Crippen LogP contribution in [0, 0.1) is 0 Å². The van der Waals surface area contributed by atoms with Gasteiger partial charge in [0.2, 0.25) is 5.79 Å². The third-order valence-corrected chi connectivity index (χ3v) is 1.72. The fourth-order valence-corrected chi connectivity index (χ4v) is 1.46. The molecular formula is C11H18O2. The van der Waals surface area contributed by atoms with Gasteiger partial charge in [-0.25, -0.2) is 0 Å². The molecular weight excluding hydrogens is 164 g/mol. The first kappa shape index (κ1) is 10.5. The summed E-state index contributed by atoms with van der Waals surface area (Å²) in [6.07, 6.45) is 4.04. The van der Waals surface area contributed by atoms with Crippen LogP contribution in [-0.4, -0.2) is 19.0 Å². The van der Waals surface area contributed by atoms with Gasteiger partial charge in [0, 0.05) is 0 Å². The van der Waals surface area contributed by atoms with Crippen molar-refractivity contribution < 1.29 is 9.47 Å². The first-order chi connectivity index (χ1) is 6.04. The Kier molecular flexibility index (Phi) is 3.28. The molecule has 13 heavy (non-hydrogen) atoms. The van der Waals surface area contributed by atoms with Gasteiger partial charge in [0.05, 0.1) is 13.2 Å². The molecule has 1 aliphatic rings. The number of hydrogen-bond acceptors (Lipinski definition) is 2. The molecule has 0 radical (unpaired) electrons. The van der Waals surface area contributed by atoms with Crippen molar-refractivity contribution in [3.8, 4) is 0 Å². The van der Waals surface area contributed by atoms with E-state index in [4.69, 9.17) is 9.47 Å². The van der Waals surface area contributed by atoms with Crippen LogP contribution in [0.1, 0.15) is 27.7 Å². The van der Waals surface area contributed by atoms with Gasteiger partial charge < -0.3 is 9.47 Å². The van der Waals surface area contributed by atoms with E-state index in [9.17, 15) is 0 Å². The van der Waals surface area contributed by atoms with E-state index in [0.717, 1.165) is 0 Å².